The first-order valence-corrected chi connectivity index (χ1v) is 12.5. The van der Waals surface area contributed by atoms with Gasteiger partial charge < -0.3 is 10.4 Å². The Morgan fingerprint density at radius 3 is 2.11 bits per heavy atom. The van der Waals surface area contributed by atoms with Crippen molar-refractivity contribution in [2.45, 2.75) is 62.9 Å². The molecule has 0 aliphatic heterocycles. The summed E-state index contributed by atoms with van der Waals surface area (Å²) in [6.45, 7) is 6.45. The summed E-state index contributed by atoms with van der Waals surface area (Å²) in [7, 11) is -3.66. The molecule has 192 valence electrons. The third-order valence-corrected chi connectivity index (χ3v) is 7.09. The molecule has 3 N–H and O–H groups in total. The molecule has 0 spiro atoms. The van der Waals surface area contributed by atoms with Gasteiger partial charge in [-0.1, -0.05) is 37.6 Å². The van der Waals surface area contributed by atoms with E-state index in [0.717, 1.165) is 36.8 Å². The number of rotatable bonds is 8. The SMILES string of the molecule is CCCCNC(=O)C1(c2ccc(NS(=O)(=O)c3cc(C)ccc3C)cc2)CC1.O=C(O)C(F)(F)F. The number of aliphatic carboxylic acids is 1. The van der Waals surface area contributed by atoms with Gasteiger partial charge in [-0.25, -0.2) is 13.2 Å². The summed E-state index contributed by atoms with van der Waals surface area (Å²) in [6, 6.07) is 12.5. The van der Waals surface area contributed by atoms with Crippen LogP contribution in [-0.2, 0) is 25.0 Å². The minimum atomic E-state index is -5.08. The zero-order valence-corrected chi connectivity index (χ0v) is 20.5. The van der Waals surface area contributed by atoms with Crippen molar-refractivity contribution in [1.82, 2.24) is 5.32 Å². The first-order valence-electron chi connectivity index (χ1n) is 11.0. The number of carboxylic acids is 1. The number of benzene rings is 2. The Kier molecular flexibility index (Phi) is 8.94. The summed E-state index contributed by atoms with van der Waals surface area (Å²) in [4.78, 5) is 21.7. The monoisotopic (exact) mass is 514 g/mol. The third kappa shape index (κ3) is 7.45. The number of aryl methyl sites for hydroxylation is 2. The maximum atomic E-state index is 12.7. The van der Waals surface area contributed by atoms with Crippen LogP contribution in [0, 0.1) is 13.8 Å². The molecule has 3 rings (SSSR count). The number of halogens is 3. The van der Waals surface area contributed by atoms with Gasteiger partial charge in [-0.2, -0.15) is 13.2 Å². The first-order chi connectivity index (χ1) is 16.2. The fraction of sp³-hybridized carbons (Fsp3) is 0.417. The molecule has 0 atom stereocenters. The fourth-order valence-corrected chi connectivity index (χ4v) is 4.77. The summed E-state index contributed by atoms with van der Waals surface area (Å²) in [5.41, 5.74) is 2.59. The van der Waals surface area contributed by atoms with E-state index in [4.69, 9.17) is 9.90 Å². The van der Waals surface area contributed by atoms with E-state index in [9.17, 15) is 26.4 Å². The van der Waals surface area contributed by atoms with E-state index in [1.165, 1.54) is 0 Å². The predicted molar refractivity (Wildman–Crippen MR) is 126 cm³/mol. The number of carboxylic acid groups (broad SMARTS) is 1. The number of amides is 1. The molecule has 1 saturated carbocycles. The predicted octanol–water partition coefficient (Wildman–Crippen LogP) is 4.69. The Labute approximate surface area is 202 Å². The Morgan fingerprint density at radius 2 is 1.63 bits per heavy atom. The van der Waals surface area contributed by atoms with E-state index in [2.05, 4.69) is 17.0 Å². The van der Waals surface area contributed by atoms with Gasteiger partial charge in [0.15, 0.2) is 0 Å². The van der Waals surface area contributed by atoms with Gasteiger partial charge in [-0.3, -0.25) is 9.52 Å². The number of hydrogen-bond acceptors (Lipinski definition) is 4. The first kappa shape index (κ1) is 28.2. The molecule has 0 radical (unpaired) electrons. The van der Waals surface area contributed by atoms with Crippen LogP contribution in [-0.4, -0.2) is 38.1 Å². The van der Waals surface area contributed by atoms with Crippen molar-refractivity contribution in [2.75, 3.05) is 11.3 Å². The van der Waals surface area contributed by atoms with Crippen molar-refractivity contribution in [3.63, 3.8) is 0 Å². The van der Waals surface area contributed by atoms with Crippen LogP contribution in [0.25, 0.3) is 0 Å². The quantitative estimate of drug-likeness (QED) is 0.443. The van der Waals surface area contributed by atoms with Crippen LogP contribution in [0.1, 0.15) is 49.3 Å². The number of carbonyl (C=O) groups excluding carboxylic acids is 1. The second kappa shape index (κ2) is 11.1. The number of nitrogens with one attached hydrogen (secondary N) is 2. The van der Waals surface area contributed by atoms with Gasteiger partial charge in [0.05, 0.1) is 10.3 Å². The Bertz CT molecular complexity index is 1160. The standard InChI is InChI=1S/C22H28N2O3S.C2HF3O2/c1-4-5-14-23-21(25)22(12-13-22)18-8-10-19(11-9-18)24-28(26,27)20-15-16(2)6-7-17(20)3;3-2(4,5)1(6)7/h6-11,15,24H,4-5,12-14H2,1-3H3,(H,23,25);(H,6,7). The van der Waals surface area contributed by atoms with Gasteiger partial charge in [0.1, 0.15) is 0 Å². The highest BCUT2D eigenvalue weighted by Gasteiger charge is 2.51. The summed E-state index contributed by atoms with van der Waals surface area (Å²) >= 11 is 0. The van der Waals surface area contributed by atoms with Gasteiger partial charge in [-0.15, -0.1) is 0 Å². The molecule has 7 nitrogen and oxygen atoms in total. The van der Waals surface area contributed by atoms with Crippen molar-refractivity contribution < 1.29 is 36.3 Å². The third-order valence-electron chi connectivity index (χ3n) is 5.57. The van der Waals surface area contributed by atoms with Crippen LogP contribution in [0.3, 0.4) is 0 Å². The number of hydrogen-bond donors (Lipinski definition) is 3. The molecule has 0 heterocycles. The molecule has 35 heavy (non-hydrogen) atoms. The Hall–Kier alpha value is -3.08. The van der Waals surface area contributed by atoms with E-state index in [-0.39, 0.29) is 10.8 Å². The highest BCUT2D eigenvalue weighted by molar-refractivity contribution is 7.92. The summed E-state index contributed by atoms with van der Waals surface area (Å²) in [5.74, 6) is -2.68. The molecule has 1 amide bonds. The summed E-state index contributed by atoms with van der Waals surface area (Å²) < 4.78 is 59.9. The second-order valence-corrected chi connectivity index (χ2v) is 10.1. The van der Waals surface area contributed by atoms with Crippen molar-refractivity contribution >= 4 is 27.6 Å². The number of anilines is 1. The molecule has 0 aromatic heterocycles. The van der Waals surface area contributed by atoms with Crippen molar-refractivity contribution in [2.24, 2.45) is 0 Å². The molecule has 1 fully saturated rings. The number of sulfonamides is 1. The molecule has 2 aromatic carbocycles. The van der Waals surface area contributed by atoms with Crippen LogP contribution in [0.4, 0.5) is 18.9 Å². The smallest absolute Gasteiger partial charge is 0.475 e. The minimum Gasteiger partial charge on any atom is -0.475 e. The zero-order chi connectivity index (χ0) is 26.4. The van der Waals surface area contributed by atoms with Crippen LogP contribution in [0.5, 0.6) is 0 Å². The molecular weight excluding hydrogens is 485 g/mol. The number of alkyl halides is 3. The maximum absolute atomic E-state index is 12.7. The molecule has 2 aromatic rings. The highest BCUT2D eigenvalue weighted by Crippen LogP contribution is 2.48. The van der Waals surface area contributed by atoms with E-state index in [1.54, 1.807) is 31.2 Å². The molecule has 0 saturated heterocycles. The average Bonchev–Trinajstić information content (AvgIpc) is 3.57. The lowest BCUT2D eigenvalue weighted by atomic mass is 9.94. The largest absolute Gasteiger partial charge is 0.490 e. The van der Waals surface area contributed by atoms with Crippen molar-refractivity contribution in [3.05, 3.63) is 59.2 Å². The minimum absolute atomic E-state index is 0.0738. The van der Waals surface area contributed by atoms with Crippen molar-refractivity contribution in [1.29, 1.82) is 0 Å². The molecule has 1 aliphatic carbocycles. The molecule has 11 heteroatoms. The van der Waals surface area contributed by atoms with Crippen LogP contribution >= 0.6 is 0 Å². The average molecular weight is 515 g/mol. The molecule has 0 unspecified atom stereocenters. The topological polar surface area (TPSA) is 113 Å². The Balaban J connectivity index is 0.000000540. The van der Waals surface area contributed by atoms with E-state index < -0.39 is 27.6 Å². The molecular formula is C24H29F3N2O5S. The zero-order valence-electron chi connectivity index (χ0n) is 19.7. The lowest BCUT2D eigenvalue weighted by Gasteiger charge is -2.17. The van der Waals surface area contributed by atoms with Gasteiger partial charge >= 0.3 is 12.1 Å². The normalized spacial score (nSPS) is 14.3. The fourth-order valence-electron chi connectivity index (χ4n) is 3.38. The summed E-state index contributed by atoms with van der Waals surface area (Å²) in [6.07, 6.45) is -1.40. The number of carbonyl (C=O) groups is 2. The van der Waals surface area contributed by atoms with Crippen LogP contribution < -0.4 is 10.0 Å². The number of unbranched alkanes of at least 4 members (excludes halogenated alkanes) is 1. The van der Waals surface area contributed by atoms with E-state index in [0.29, 0.717) is 17.8 Å². The summed E-state index contributed by atoms with van der Waals surface area (Å²) in [5, 5.41) is 10.1. The second-order valence-electron chi connectivity index (χ2n) is 8.45. The van der Waals surface area contributed by atoms with Gasteiger partial charge in [0, 0.05) is 12.2 Å². The van der Waals surface area contributed by atoms with Crippen LogP contribution in [0.15, 0.2) is 47.4 Å². The lowest BCUT2D eigenvalue weighted by Crippen LogP contribution is -2.35. The van der Waals surface area contributed by atoms with Gasteiger partial charge in [0.2, 0.25) is 5.91 Å². The van der Waals surface area contributed by atoms with Gasteiger partial charge in [0.25, 0.3) is 10.0 Å². The Morgan fingerprint density at radius 1 is 1.06 bits per heavy atom. The molecule has 0 bridgehead atoms. The van der Waals surface area contributed by atoms with Crippen molar-refractivity contribution in [3.8, 4) is 0 Å². The van der Waals surface area contributed by atoms with E-state index in [1.807, 2.05) is 25.1 Å². The van der Waals surface area contributed by atoms with E-state index >= 15 is 0 Å². The maximum Gasteiger partial charge on any atom is 0.490 e. The highest BCUT2D eigenvalue weighted by atomic mass is 32.2. The van der Waals surface area contributed by atoms with Gasteiger partial charge in [-0.05, 0) is 68.0 Å². The lowest BCUT2D eigenvalue weighted by molar-refractivity contribution is -0.192. The molecule has 1 aliphatic rings. The van der Waals surface area contributed by atoms with Crippen LogP contribution in [0.2, 0.25) is 0 Å².